The van der Waals surface area contributed by atoms with Gasteiger partial charge in [0.1, 0.15) is 5.82 Å². The highest BCUT2D eigenvalue weighted by Gasteiger charge is 2.24. The summed E-state index contributed by atoms with van der Waals surface area (Å²) >= 11 is 1.72. The van der Waals surface area contributed by atoms with Crippen LogP contribution >= 0.6 is 11.3 Å². The average Bonchev–Trinajstić information content (AvgIpc) is 3.51. The van der Waals surface area contributed by atoms with E-state index in [0.29, 0.717) is 19.6 Å². The molecule has 4 heterocycles. The molecule has 1 unspecified atom stereocenters. The van der Waals surface area contributed by atoms with Gasteiger partial charge in [-0.25, -0.2) is 9.78 Å². The van der Waals surface area contributed by atoms with E-state index in [1.165, 1.54) is 15.8 Å². The quantitative estimate of drug-likeness (QED) is 0.504. The van der Waals surface area contributed by atoms with Gasteiger partial charge in [-0.15, -0.1) is 11.3 Å². The second-order valence-corrected chi connectivity index (χ2v) is 8.56. The molecule has 0 aliphatic carbocycles. The van der Waals surface area contributed by atoms with E-state index < -0.39 is 0 Å². The summed E-state index contributed by atoms with van der Waals surface area (Å²) in [5.74, 6) is 0.973. The fraction of sp³-hybridized carbons (Fsp3) is 0.261. The fourth-order valence-electron chi connectivity index (χ4n) is 4.13. The van der Waals surface area contributed by atoms with Crippen molar-refractivity contribution in [3.05, 3.63) is 77.0 Å². The van der Waals surface area contributed by atoms with Crippen LogP contribution < -0.4 is 10.2 Å². The van der Waals surface area contributed by atoms with Crippen LogP contribution in [0.5, 0.6) is 0 Å². The van der Waals surface area contributed by atoms with Crippen LogP contribution in [0.4, 0.5) is 10.6 Å². The van der Waals surface area contributed by atoms with Crippen LogP contribution in [0.15, 0.2) is 66.6 Å². The number of aromatic nitrogens is 3. The number of aromatic amines is 1. The van der Waals surface area contributed by atoms with Gasteiger partial charge in [0.25, 0.3) is 0 Å². The third-order valence-electron chi connectivity index (χ3n) is 5.78. The number of para-hydroxylation sites is 1. The predicted molar refractivity (Wildman–Crippen MR) is 124 cm³/mol. The van der Waals surface area contributed by atoms with Crippen molar-refractivity contribution < 1.29 is 4.79 Å². The molecule has 0 bridgehead atoms. The van der Waals surface area contributed by atoms with Crippen molar-refractivity contribution in [2.24, 2.45) is 0 Å². The van der Waals surface area contributed by atoms with Gasteiger partial charge in [0, 0.05) is 73.0 Å². The zero-order valence-electron chi connectivity index (χ0n) is 17.1. The van der Waals surface area contributed by atoms with Crippen LogP contribution in [-0.4, -0.2) is 58.6 Å². The first kappa shape index (κ1) is 19.6. The van der Waals surface area contributed by atoms with Gasteiger partial charge in [-0.1, -0.05) is 24.3 Å². The number of benzene rings is 1. The molecule has 158 valence electrons. The number of piperazine rings is 1. The number of urea groups is 1. The lowest BCUT2D eigenvalue weighted by Crippen LogP contribution is -2.52. The summed E-state index contributed by atoms with van der Waals surface area (Å²) in [6, 6.07) is 12.5. The normalized spacial score (nSPS) is 15.2. The van der Waals surface area contributed by atoms with Crippen molar-refractivity contribution >= 4 is 34.1 Å². The molecule has 2 amide bonds. The molecule has 0 radical (unpaired) electrons. The summed E-state index contributed by atoms with van der Waals surface area (Å²) in [6.45, 7) is 3.40. The standard InChI is InChI=1S/C23H24N6OS/c30-23(29-11-9-28(10-12-29)22-16-24-7-8-25-22)27-15-19(21-6-3-13-31-21)18-14-26-20-5-2-1-4-17(18)20/h1-8,13-14,16,19,26H,9-12,15H2,(H,27,30). The van der Waals surface area contributed by atoms with Gasteiger partial charge >= 0.3 is 6.03 Å². The Morgan fingerprint density at radius 1 is 1.13 bits per heavy atom. The monoisotopic (exact) mass is 432 g/mol. The first-order valence-corrected chi connectivity index (χ1v) is 11.3. The molecule has 1 atom stereocenters. The lowest BCUT2D eigenvalue weighted by atomic mass is 9.97. The lowest BCUT2D eigenvalue weighted by Gasteiger charge is -2.35. The maximum atomic E-state index is 12.9. The summed E-state index contributed by atoms with van der Waals surface area (Å²) in [6.07, 6.45) is 7.21. The summed E-state index contributed by atoms with van der Waals surface area (Å²) < 4.78 is 0. The van der Waals surface area contributed by atoms with Crippen molar-refractivity contribution in [1.82, 2.24) is 25.2 Å². The number of nitrogens with one attached hydrogen (secondary N) is 2. The van der Waals surface area contributed by atoms with Crippen molar-refractivity contribution in [2.75, 3.05) is 37.6 Å². The van der Waals surface area contributed by atoms with Gasteiger partial charge in [0.05, 0.1) is 6.20 Å². The molecule has 2 N–H and O–H groups in total. The number of thiophene rings is 1. The van der Waals surface area contributed by atoms with Gasteiger partial charge in [0.2, 0.25) is 0 Å². The molecule has 8 heteroatoms. The molecule has 1 saturated heterocycles. The third-order valence-corrected chi connectivity index (χ3v) is 6.77. The maximum Gasteiger partial charge on any atom is 0.317 e. The molecule has 1 aliphatic heterocycles. The van der Waals surface area contributed by atoms with Crippen LogP contribution in [0.2, 0.25) is 0 Å². The molecule has 1 aromatic carbocycles. The van der Waals surface area contributed by atoms with Crippen LogP contribution in [0.1, 0.15) is 16.4 Å². The van der Waals surface area contributed by atoms with E-state index in [0.717, 1.165) is 24.4 Å². The van der Waals surface area contributed by atoms with Gasteiger partial charge in [0.15, 0.2) is 0 Å². The zero-order chi connectivity index (χ0) is 21.0. The number of anilines is 1. The summed E-state index contributed by atoms with van der Waals surface area (Å²) in [5.41, 5.74) is 2.33. The highest BCUT2D eigenvalue weighted by Crippen LogP contribution is 2.32. The topological polar surface area (TPSA) is 77.2 Å². The number of nitrogens with zero attached hydrogens (tertiary/aromatic N) is 4. The molecule has 5 rings (SSSR count). The lowest BCUT2D eigenvalue weighted by molar-refractivity contribution is 0.194. The number of amides is 2. The molecule has 4 aromatic rings. The number of hydrogen-bond donors (Lipinski definition) is 2. The zero-order valence-corrected chi connectivity index (χ0v) is 17.9. The number of carbonyl (C=O) groups is 1. The van der Waals surface area contributed by atoms with Crippen LogP contribution in [-0.2, 0) is 0 Å². The molecule has 0 spiro atoms. The van der Waals surface area contributed by atoms with E-state index in [4.69, 9.17) is 0 Å². The Morgan fingerprint density at radius 3 is 2.77 bits per heavy atom. The second kappa shape index (κ2) is 8.77. The molecule has 1 fully saturated rings. The maximum absolute atomic E-state index is 12.9. The summed E-state index contributed by atoms with van der Waals surface area (Å²) in [7, 11) is 0. The minimum absolute atomic E-state index is 0.0137. The van der Waals surface area contributed by atoms with Gasteiger partial charge in [-0.05, 0) is 23.1 Å². The van der Waals surface area contributed by atoms with E-state index >= 15 is 0 Å². The minimum atomic E-state index is -0.0137. The molecular formula is C23H24N6OS. The van der Waals surface area contributed by atoms with E-state index in [1.807, 2.05) is 11.0 Å². The fourth-order valence-corrected chi connectivity index (χ4v) is 4.98. The Labute approximate surface area is 184 Å². The molecule has 3 aromatic heterocycles. The number of hydrogen-bond acceptors (Lipinski definition) is 5. The first-order valence-electron chi connectivity index (χ1n) is 10.4. The highest BCUT2D eigenvalue weighted by molar-refractivity contribution is 7.10. The predicted octanol–water partition coefficient (Wildman–Crippen LogP) is 3.68. The van der Waals surface area contributed by atoms with E-state index in [2.05, 4.69) is 67.1 Å². The van der Waals surface area contributed by atoms with Gasteiger partial charge in [-0.3, -0.25) is 4.98 Å². The minimum Gasteiger partial charge on any atom is -0.361 e. The van der Waals surface area contributed by atoms with E-state index in [9.17, 15) is 4.79 Å². The number of fused-ring (bicyclic) bond motifs is 1. The Bertz CT molecular complexity index is 1140. The van der Waals surface area contributed by atoms with Crippen LogP contribution in [0.25, 0.3) is 10.9 Å². The van der Waals surface area contributed by atoms with E-state index in [-0.39, 0.29) is 11.9 Å². The number of rotatable bonds is 5. The molecule has 0 saturated carbocycles. The molecular weight excluding hydrogens is 408 g/mol. The van der Waals surface area contributed by atoms with Gasteiger partial charge in [-0.2, -0.15) is 0 Å². The van der Waals surface area contributed by atoms with Crippen molar-refractivity contribution in [3.63, 3.8) is 0 Å². The highest BCUT2D eigenvalue weighted by atomic mass is 32.1. The SMILES string of the molecule is O=C(NCC(c1cccs1)c1c[nH]c2ccccc12)N1CCN(c2cnccn2)CC1. The summed E-state index contributed by atoms with van der Waals surface area (Å²) in [4.78, 5) is 30.1. The van der Waals surface area contributed by atoms with Crippen LogP contribution in [0, 0.1) is 0 Å². The Kier molecular flexibility index (Phi) is 5.54. The molecule has 31 heavy (non-hydrogen) atoms. The van der Waals surface area contributed by atoms with Crippen molar-refractivity contribution in [3.8, 4) is 0 Å². The second-order valence-electron chi connectivity index (χ2n) is 7.58. The molecule has 1 aliphatic rings. The Balaban J connectivity index is 1.25. The van der Waals surface area contributed by atoms with Crippen molar-refractivity contribution in [2.45, 2.75) is 5.92 Å². The third kappa shape index (κ3) is 4.11. The van der Waals surface area contributed by atoms with E-state index in [1.54, 1.807) is 29.9 Å². The molecule has 7 nitrogen and oxygen atoms in total. The Hall–Kier alpha value is -3.39. The van der Waals surface area contributed by atoms with Crippen LogP contribution in [0.3, 0.4) is 0 Å². The number of carbonyl (C=O) groups excluding carboxylic acids is 1. The average molecular weight is 433 g/mol. The smallest absolute Gasteiger partial charge is 0.317 e. The Morgan fingerprint density at radius 2 is 2.00 bits per heavy atom. The number of H-pyrrole nitrogens is 1. The van der Waals surface area contributed by atoms with Crippen molar-refractivity contribution in [1.29, 1.82) is 0 Å². The largest absolute Gasteiger partial charge is 0.361 e. The summed E-state index contributed by atoms with van der Waals surface area (Å²) in [5, 5.41) is 6.47. The first-order chi connectivity index (χ1) is 15.3. The van der Waals surface area contributed by atoms with Gasteiger partial charge < -0.3 is 20.1 Å².